The number of aromatic amines is 1. The Kier molecular flexibility index (Phi) is 5.50. The second-order valence-electron chi connectivity index (χ2n) is 7.02. The van der Waals surface area contributed by atoms with E-state index in [1.165, 1.54) is 17.0 Å². The number of aromatic nitrogens is 2. The highest BCUT2D eigenvalue weighted by atomic mass is 32.1. The summed E-state index contributed by atoms with van der Waals surface area (Å²) in [5.41, 5.74) is 1.28. The zero-order valence-corrected chi connectivity index (χ0v) is 16.6. The molecule has 0 spiro atoms. The van der Waals surface area contributed by atoms with E-state index in [9.17, 15) is 22.8 Å². The quantitative estimate of drug-likeness (QED) is 0.622. The predicted octanol–water partition coefficient (Wildman–Crippen LogP) is 4.33. The molecule has 0 bridgehead atoms. The molecule has 0 atom stereocenters. The van der Waals surface area contributed by atoms with Crippen LogP contribution < -0.4 is 15.6 Å². The lowest BCUT2D eigenvalue weighted by molar-refractivity contribution is -0.274. The summed E-state index contributed by atoms with van der Waals surface area (Å²) in [5, 5.41) is 3.27. The number of alkyl halides is 3. The van der Waals surface area contributed by atoms with Gasteiger partial charge in [-0.1, -0.05) is 0 Å². The molecule has 0 fully saturated rings. The van der Waals surface area contributed by atoms with Crippen molar-refractivity contribution >= 4 is 33.1 Å². The van der Waals surface area contributed by atoms with Crippen molar-refractivity contribution in [3.8, 4) is 5.75 Å². The third-order valence-electron chi connectivity index (χ3n) is 4.83. The van der Waals surface area contributed by atoms with Crippen LogP contribution in [0.15, 0.2) is 29.1 Å². The number of benzene rings is 1. The van der Waals surface area contributed by atoms with Gasteiger partial charge in [-0.15, -0.1) is 24.5 Å². The molecule has 0 saturated heterocycles. The molecular weight excluding hydrogens is 419 g/mol. The molecule has 2 aromatic heterocycles. The van der Waals surface area contributed by atoms with Crippen LogP contribution in [-0.4, -0.2) is 22.2 Å². The lowest BCUT2D eigenvalue weighted by atomic mass is 9.97. The number of nitrogens with zero attached hydrogens (tertiary/aromatic N) is 1. The second kappa shape index (κ2) is 8.10. The summed E-state index contributed by atoms with van der Waals surface area (Å²) in [6.45, 7) is 0. The van der Waals surface area contributed by atoms with E-state index in [1.807, 2.05) is 0 Å². The zero-order chi connectivity index (χ0) is 21.3. The SMILES string of the molecule is O=C(CCc1nc2sc3c(c2c(=O)[nH]1)CCCC3)Nc1ccc(OC(F)(F)F)cc1. The third kappa shape index (κ3) is 4.64. The van der Waals surface area contributed by atoms with Crippen LogP contribution in [0, 0.1) is 0 Å². The lowest BCUT2D eigenvalue weighted by Crippen LogP contribution is -2.17. The molecule has 2 N–H and O–H groups in total. The first-order valence-electron chi connectivity index (χ1n) is 9.47. The maximum atomic E-state index is 12.5. The van der Waals surface area contributed by atoms with E-state index in [-0.39, 0.29) is 30.1 Å². The number of nitrogens with one attached hydrogen (secondary N) is 2. The van der Waals surface area contributed by atoms with Crippen molar-refractivity contribution < 1.29 is 22.7 Å². The summed E-state index contributed by atoms with van der Waals surface area (Å²) in [4.78, 5) is 33.9. The van der Waals surface area contributed by atoms with Crippen molar-refractivity contribution in [1.29, 1.82) is 0 Å². The molecule has 0 aliphatic heterocycles. The third-order valence-corrected chi connectivity index (χ3v) is 6.02. The Morgan fingerprint density at radius 1 is 1.20 bits per heavy atom. The molecule has 10 heteroatoms. The molecule has 4 rings (SSSR count). The Balaban J connectivity index is 1.39. The summed E-state index contributed by atoms with van der Waals surface area (Å²) >= 11 is 1.55. The van der Waals surface area contributed by atoms with Crippen LogP contribution in [0.4, 0.5) is 18.9 Å². The minimum absolute atomic E-state index is 0.0698. The number of carbonyl (C=O) groups excluding carboxylic acids is 1. The molecule has 2 heterocycles. The number of ether oxygens (including phenoxy) is 1. The van der Waals surface area contributed by atoms with Gasteiger partial charge in [0, 0.05) is 23.4 Å². The first kappa shape index (κ1) is 20.4. The summed E-state index contributed by atoms with van der Waals surface area (Å²) in [6, 6.07) is 4.88. The first-order valence-corrected chi connectivity index (χ1v) is 10.3. The number of fused-ring (bicyclic) bond motifs is 3. The van der Waals surface area contributed by atoms with Gasteiger partial charge in [-0.25, -0.2) is 4.98 Å². The van der Waals surface area contributed by atoms with Gasteiger partial charge in [0.25, 0.3) is 5.56 Å². The molecule has 1 amide bonds. The fourth-order valence-electron chi connectivity index (χ4n) is 3.52. The molecule has 1 aliphatic carbocycles. The number of H-pyrrole nitrogens is 1. The normalized spacial score (nSPS) is 13.8. The van der Waals surface area contributed by atoms with Gasteiger partial charge in [-0.2, -0.15) is 0 Å². The summed E-state index contributed by atoms with van der Waals surface area (Å²) in [7, 11) is 0. The van der Waals surface area contributed by atoms with Crippen molar-refractivity contribution in [2.45, 2.75) is 44.9 Å². The Hall–Kier alpha value is -2.88. The number of carbonyl (C=O) groups is 1. The van der Waals surface area contributed by atoms with Gasteiger partial charge in [-0.05, 0) is 55.5 Å². The highest BCUT2D eigenvalue weighted by Gasteiger charge is 2.31. The summed E-state index contributed by atoms with van der Waals surface area (Å²) in [6.07, 6.45) is -0.390. The standard InChI is InChI=1S/C20H18F3N3O3S/c21-20(22,23)29-12-7-5-11(6-8-12)24-16(27)10-9-15-25-18(28)17-13-3-1-2-4-14(13)30-19(17)26-15/h5-8H,1-4,9-10H2,(H,24,27)(H,25,26,28). The molecule has 3 aromatic rings. The first-order chi connectivity index (χ1) is 14.3. The van der Waals surface area contributed by atoms with Crippen molar-refractivity contribution in [3.63, 3.8) is 0 Å². The van der Waals surface area contributed by atoms with Crippen LogP contribution in [0.5, 0.6) is 5.75 Å². The molecule has 1 aromatic carbocycles. The van der Waals surface area contributed by atoms with Gasteiger partial charge in [-0.3, -0.25) is 9.59 Å². The molecule has 30 heavy (non-hydrogen) atoms. The van der Waals surface area contributed by atoms with Crippen LogP contribution in [-0.2, 0) is 24.1 Å². The molecule has 0 unspecified atom stereocenters. The van der Waals surface area contributed by atoms with Crippen LogP contribution in [0.1, 0.15) is 35.5 Å². The van der Waals surface area contributed by atoms with Crippen molar-refractivity contribution in [2.75, 3.05) is 5.32 Å². The Bertz CT molecular complexity index is 1140. The van der Waals surface area contributed by atoms with Crippen molar-refractivity contribution in [2.24, 2.45) is 0 Å². The zero-order valence-electron chi connectivity index (χ0n) is 15.8. The number of thiophene rings is 1. The monoisotopic (exact) mass is 437 g/mol. The minimum atomic E-state index is -4.77. The Morgan fingerprint density at radius 2 is 1.93 bits per heavy atom. The Labute approximate surface area is 173 Å². The highest BCUT2D eigenvalue weighted by molar-refractivity contribution is 7.18. The van der Waals surface area contributed by atoms with Gasteiger partial charge < -0.3 is 15.0 Å². The number of anilines is 1. The second-order valence-corrected chi connectivity index (χ2v) is 8.11. The summed E-state index contributed by atoms with van der Waals surface area (Å²) < 4.78 is 40.3. The average molecular weight is 437 g/mol. The van der Waals surface area contributed by atoms with Gasteiger partial charge in [0.2, 0.25) is 5.91 Å². The van der Waals surface area contributed by atoms with E-state index in [0.717, 1.165) is 43.4 Å². The number of aryl methyl sites for hydroxylation is 3. The number of rotatable bonds is 5. The van der Waals surface area contributed by atoms with E-state index >= 15 is 0 Å². The fourth-order valence-corrected chi connectivity index (χ4v) is 4.80. The minimum Gasteiger partial charge on any atom is -0.406 e. The van der Waals surface area contributed by atoms with E-state index in [1.54, 1.807) is 11.3 Å². The van der Waals surface area contributed by atoms with Gasteiger partial charge >= 0.3 is 6.36 Å². The van der Waals surface area contributed by atoms with Crippen molar-refractivity contribution in [3.05, 3.63) is 50.9 Å². The van der Waals surface area contributed by atoms with E-state index < -0.39 is 6.36 Å². The van der Waals surface area contributed by atoms with Gasteiger partial charge in [0.1, 0.15) is 16.4 Å². The summed E-state index contributed by atoms with van der Waals surface area (Å²) in [5.74, 6) is -0.267. The Morgan fingerprint density at radius 3 is 2.67 bits per heavy atom. The van der Waals surface area contributed by atoms with E-state index in [4.69, 9.17) is 0 Å². The number of amides is 1. The molecule has 0 radical (unpaired) electrons. The predicted molar refractivity (Wildman–Crippen MR) is 107 cm³/mol. The fraction of sp³-hybridized carbons (Fsp3) is 0.350. The molecular formula is C20H18F3N3O3S. The number of halogens is 3. The average Bonchev–Trinajstić information content (AvgIpc) is 3.06. The maximum absolute atomic E-state index is 12.5. The smallest absolute Gasteiger partial charge is 0.406 e. The van der Waals surface area contributed by atoms with Crippen LogP contribution >= 0.6 is 11.3 Å². The number of hydrogen-bond acceptors (Lipinski definition) is 5. The number of hydrogen-bond donors (Lipinski definition) is 2. The molecule has 6 nitrogen and oxygen atoms in total. The van der Waals surface area contributed by atoms with E-state index in [0.29, 0.717) is 21.7 Å². The van der Waals surface area contributed by atoms with Crippen molar-refractivity contribution in [1.82, 2.24) is 9.97 Å². The molecule has 1 aliphatic rings. The largest absolute Gasteiger partial charge is 0.573 e. The highest BCUT2D eigenvalue weighted by Crippen LogP contribution is 2.33. The molecule has 158 valence electrons. The maximum Gasteiger partial charge on any atom is 0.573 e. The van der Waals surface area contributed by atoms with Gasteiger partial charge in [0.15, 0.2) is 0 Å². The van der Waals surface area contributed by atoms with Crippen LogP contribution in [0.3, 0.4) is 0 Å². The molecule has 0 saturated carbocycles. The van der Waals surface area contributed by atoms with Crippen LogP contribution in [0.25, 0.3) is 10.2 Å². The lowest BCUT2D eigenvalue weighted by Gasteiger charge is -2.10. The van der Waals surface area contributed by atoms with E-state index in [2.05, 4.69) is 20.0 Å². The van der Waals surface area contributed by atoms with Crippen LogP contribution in [0.2, 0.25) is 0 Å². The topological polar surface area (TPSA) is 84.1 Å². The van der Waals surface area contributed by atoms with Gasteiger partial charge in [0.05, 0.1) is 5.39 Å².